The first kappa shape index (κ1) is 15.7. The third kappa shape index (κ3) is 11.0. The van der Waals surface area contributed by atoms with E-state index in [0.717, 1.165) is 0 Å². The van der Waals surface area contributed by atoms with E-state index in [9.17, 15) is 9.59 Å². The second-order valence-electron chi connectivity index (χ2n) is 6.30. The van der Waals surface area contributed by atoms with Crippen molar-refractivity contribution in [2.75, 3.05) is 13.2 Å². The zero-order valence-electron chi connectivity index (χ0n) is 11.5. The molecule has 100 valence electrons. The Morgan fingerprint density at radius 2 is 1.06 bits per heavy atom. The van der Waals surface area contributed by atoms with Crippen molar-refractivity contribution in [3.05, 3.63) is 0 Å². The van der Waals surface area contributed by atoms with Crippen LogP contribution in [0.15, 0.2) is 0 Å². The van der Waals surface area contributed by atoms with Crippen LogP contribution < -0.4 is 0 Å². The van der Waals surface area contributed by atoms with E-state index in [1.165, 1.54) is 0 Å². The van der Waals surface area contributed by atoms with E-state index in [0.29, 0.717) is 0 Å². The third-order valence-electron chi connectivity index (χ3n) is 1.41. The fourth-order valence-corrected chi connectivity index (χ4v) is 0.678. The van der Waals surface area contributed by atoms with E-state index in [1.54, 1.807) is 0 Å². The van der Waals surface area contributed by atoms with E-state index in [2.05, 4.69) is 4.74 Å². The lowest BCUT2D eigenvalue weighted by Gasteiger charge is -2.18. The van der Waals surface area contributed by atoms with E-state index >= 15 is 0 Å². The molecule has 17 heavy (non-hydrogen) atoms. The molecular formula is C12H22O5. The lowest BCUT2D eigenvalue weighted by atomic mass is 9.99. The fraction of sp³-hybridized carbons (Fsp3) is 0.833. The van der Waals surface area contributed by atoms with Crippen molar-refractivity contribution in [2.24, 2.45) is 10.8 Å². The molecule has 0 unspecified atom stereocenters. The van der Waals surface area contributed by atoms with Gasteiger partial charge in [-0.1, -0.05) is 41.5 Å². The molecule has 5 nitrogen and oxygen atoms in total. The Morgan fingerprint density at radius 3 is 1.29 bits per heavy atom. The van der Waals surface area contributed by atoms with Crippen LogP contribution in [-0.4, -0.2) is 25.5 Å². The molecule has 0 heterocycles. The van der Waals surface area contributed by atoms with Gasteiger partial charge in [0.05, 0.1) is 13.2 Å². The number of carbonyl (C=O) groups excluding carboxylic acids is 2. The molecule has 0 aromatic carbocycles. The third-order valence-corrected chi connectivity index (χ3v) is 1.41. The monoisotopic (exact) mass is 246 g/mol. The molecule has 0 aliphatic carbocycles. The summed E-state index contributed by atoms with van der Waals surface area (Å²) >= 11 is 0. The number of hydrogen-bond donors (Lipinski definition) is 0. The minimum absolute atomic E-state index is 0.172. The molecule has 0 bridgehead atoms. The highest BCUT2D eigenvalue weighted by atomic mass is 16.8. The summed E-state index contributed by atoms with van der Waals surface area (Å²) in [6.45, 7) is 11.8. The predicted octanol–water partition coefficient (Wildman–Crippen LogP) is 3.37. The van der Waals surface area contributed by atoms with Gasteiger partial charge >= 0.3 is 12.3 Å². The molecule has 0 rings (SSSR count). The van der Waals surface area contributed by atoms with E-state index in [-0.39, 0.29) is 24.0 Å². The van der Waals surface area contributed by atoms with E-state index in [4.69, 9.17) is 9.47 Å². The first-order valence-electron chi connectivity index (χ1n) is 5.51. The highest BCUT2D eigenvalue weighted by Gasteiger charge is 2.20. The van der Waals surface area contributed by atoms with Gasteiger partial charge in [-0.25, -0.2) is 9.59 Å². The summed E-state index contributed by atoms with van der Waals surface area (Å²) in [7, 11) is 0. The first-order valence-corrected chi connectivity index (χ1v) is 5.51. The molecular weight excluding hydrogens is 224 g/mol. The van der Waals surface area contributed by atoms with Crippen LogP contribution in [0.4, 0.5) is 9.59 Å². The summed E-state index contributed by atoms with van der Waals surface area (Å²) in [4.78, 5) is 22.2. The summed E-state index contributed by atoms with van der Waals surface area (Å²) in [6, 6.07) is 0. The highest BCUT2D eigenvalue weighted by molar-refractivity contribution is 5.76. The molecule has 5 heteroatoms. The van der Waals surface area contributed by atoms with Crippen LogP contribution in [0.1, 0.15) is 41.5 Å². The number of ether oxygens (including phenoxy) is 3. The minimum atomic E-state index is -1.03. The maximum absolute atomic E-state index is 11.1. The molecule has 0 N–H and O–H groups in total. The molecule has 0 radical (unpaired) electrons. The maximum atomic E-state index is 11.1. The van der Waals surface area contributed by atoms with Crippen molar-refractivity contribution in [3.63, 3.8) is 0 Å². The molecule has 0 aromatic heterocycles. The molecule has 0 saturated heterocycles. The first-order chi connectivity index (χ1) is 7.49. The predicted molar refractivity (Wildman–Crippen MR) is 62.7 cm³/mol. The molecule has 0 amide bonds. The van der Waals surface area contributed by atoms with Crippen LogP contribution in [0, 0.1) is 10.8 Å². The van der Waals surface area contributed by atoms with Crippen LogP contribution in [0.25, 0.3) is 0 Å². The average Bonchev–Trinajstić information content (AvgIpc) is 2.09. The van der Waals surface area contributed by atoms with Gasteiger partial charge in [-0.3, -0.25) is 0 Å². The Balaban J connectivity index is 3.86. The van der Waals surface area contributed by atoms with Crippen molar-refractivity contribution in [1.82, 2.24) is 0 Å². The van der Waals surface area contributed by atoms with E-state index in [1.807, 2.05) is 41.5 Å². The van der Waals surface area contributed by atoms with Gasteiger partial charge in [0.15, 0.2) is 0 Å². The smallest absolute Gasteiger partial charge is 0.433 e. The Bertz CT molecular complexity index is 242. The molecule has 0 saturated carbocycles. The summed E-state index contributed by atoms with van der Waals surface area (Å²) in [5.41, 5.74) is -0.345. The van der Waals surface area contributed by atoms with Crippen molar-refractivity contribution >= 4 is 12.3 Å². The van der Waals surface area contributed by atoms with Crippen molar-refractivity contribution < 1.29 is 23.8 Å². The molecule has 0 aromatic rings. The summed E-state index contributed by atoms with van der Waals surface area (Å²) in [5.74, 6) is 0. The van der Waals surface area contributed by atoms with Gasteiger partial charge in [0, 0.05) is 0 Å². The fourth-order valence-electron chi connectivity index (χ4n) is 0.678. The van der Waals surface area contributed by atoms with Gasteiger partial charge in [0.25, 0.3) is 0 Å². The lowest BCUT2D eigenvalue weighted by Crippen LogP contribution is -2.23. The molecule has 0 spiro atoms. The molecule has 0 aliphatic heterocycles. The van der Waals surface area contributed by atoms with Crippen molar-refractivity contribution in [3.8, 4) is 0 Å². The van der Waals surface area contributed by atoms with E-state index < -0.39 is 12.3 Å². The van der Waals surface area contributed by atoms with Crippen LogP contribution in [-0.2, 0) is 14.2 Å². The molecule has 0 aliphatic rings. The summed E-state index contributed by atoms with van der Waals surface area (Å²) < 4.78 is 13.8. The number of carbonyl (C=O) groups is 2. The highest BCUT2D eigenvalue weighted by Crippen LogP contribution is 2.14. The second-order valence-corrected chi connectivity index (χ2v) is 6.30. The minimum Gasteiger partial charge on any atom is -0.433 e. The van der Waals surface area contributed by atoms with Crippen LogP contribution >= 0.6 is 0 Å². The summed E-state index contributed by atoms with van der Waals surface area (Å²) in [6.07, 6.45) is -2.06. The van der Waals surface area contributed by atoms with Gasteiger partial charge in [0.1, 0.15) is 0 Å². The molecule has 0 fully saturated rings. The molecule has 0 atom stereocenters. The topological polar surface area (TPSA) is 61.8 Å². The largest absolute Gasteiger partial charge is 0.518 e. The quantitative estimate of drug-likeness (QED) is 0.552. The number of hydrogen-bond acceptors (Lipinski definition) is 5. The van der Waals surface area contributed by atoms with Crippen molar-refractivity contribution in [1.29, 1.82) is 0 Å². The van der Waals surface area contributed by atoms with Crippen molar-refractivity contribution in [2.45, 2.75) is 41.5 Å². The van der Waals surface area contributed by atoms with Gasteiger partial charge in [-0.15, -0.1) is 0 Å². The normalized spacial score (nSPS) is 11.9. The Kier molecular flexibility index (Phi) is 5.45. The zero-order chi connectivity index (χ0) is 13.7. The zero-order valence-corrected chi connectivity index (χ0v) is 11.5. The number of rotatable bonds is 2. The average molecular weight is 246 g/mol. The van der Waals surface area contributed by atoms with Gasteiger partial charge in [-0.05, 0) is 10.8 Å². The van der Waals surface area contributed by atoms with Crippen LogP contribution in [0.2, 0.25) is 0 Å². The SMILES string of the molecule is CC(C)(C)COC(=O)OC(=O)OCC(C)(C)C. The summed E-state index contributed by atoms with van der Waals surface area (Å²) in [5, 5.41) is 0. The van der Waals surface area contributed by atoms with Crippen LogP contribution in [0.5, 0.6) is 0 Å². The van der Waals surface area contributed by atoms with Gasteiger partial charge in [0.2, 0.25) is 0 Å². The van der Waals surface area contributed by atoms with Gasteiger partial charge in [-0.2, -0.15) is 0 Å². The Morgan fingerprint density at radius 1 is 0.765 bits per heavy atom. The van der Waals surface area contributed by atoms with Crippen LogP contribution in [0.3, 0.4) is 0 Å². The standard InChI is InChI=1S/C12H22O5/c1-11(2,3)7-15-9(13)17-10(14)16-8-12(4,5)6/h7-8H2,1-6H3. The van der Waals surface area contributed by atoms with Gasteiger partial charge < -0.3 is 14.2 Å². The Hall–Kier alpha value is -1.26. The maximum Gasteiger partial charge on any atom is 0.518 e. The Labute approximate surface area is 102 Å². The lowest BCUT2D eigenvalue weighted by molar-refractivity contribution is 0.0130. The second kappa shape index (κ2) is 5.89.